The highest BCUT2D eigenvalue weighted by molar-refractivity contribution is 6.28. The van der Waals surface area contributed by atoms with Crippen LogP contribution in [0.25, 0.3) is 243 Å². The first-order valence-electron chi connectivity index (χ1n) is 42.1. The van der Waals surface area contributed by atoms with Crippen LogP contribution in [0.4, 0.5) is 0 Å². The minimum Gasteiger partial charge on any atom is -0.309 e. The first-order chi connectivity index (χ1) is 61.5. The minimum absolute atomic E-state index is 0.638. The lowest BCUT2D eigenvalue weighted by molar-refractivity contribution is 1.07. The molecular weight excluding hydrogens is 1510 g/mol. The lowest BCUT2D eigenvalue weighted by Gasteiger charge is -2.15. The standard InChI is InChI=1S/2C57H35N5/c1-3-15-36(16-4-1)55-58-56(37-17-5-2-6-18-37)60-57(59-55)38-27-30-43-44-31-28-39(34-49(44)42-20-8-7-19-41(42)48(43)33-38)62-53-26-14-11-23-47(53)50-35-40(29-32-54(50)62)61-51-24-12-9-21-45(51)46-22-10-13-25-52(46)61;1-3-15-36(16-4-1)55-58-56(37-17-5-2-6-18-37)60-57(59-55)38-27-30-43-41-19-7-8-20-42(41)44-31-28-39(34-49(44)48(43)33-38)62-53-26-14-11-23-47(53)50-35-40(29-32-54(50)62)61-51-24-12-9-21-45(51)46-22-10-13-25-52(46)61/h2*1-35H. The first-order valence-corrected chi connectivity index (χ1v) is 42.1. The van der Waals surface area contributed by atoms with Crippen LogP contribution in [0.5, 0.6) is 0 Å². The van der Waals surface area contributed by atoms with Crippen molar-refractivity contribution in [3.8, 4) is 91.1 Å². The molecule has 20 aromatic carbocycles. The van der Waals surface area contributed by atoms with E-state index in [9.17, 15) is 0 Å². The first kappa shape index (κ1) is 70.2. The summed E-state index contributed by atoms with van der Waals surface area (Å²) in [4.78, 5) is 30.2. The van der Waals surface area contributed by atoms with Gasteiger partial charge in [0.2, 0.25) is 0 Å². The van der Waals surface area contributed by atoms with E-state index in [2.05, 4.69) is 346 Å². The molecule has 0 spiro atoms. The zero-order valence-corrected chi connectivity index (χ0v) is 66.9. The summed E-state index contributed by atoms with van der Waals surface area (Å²) in [5.74, 6) is 3.88. The third kappa shape index (κ3) is 11.3. The molecule has 26 aromatic rings. The molecule has 0 aliphatic heterocycles. The maximum absolute atomic E-state index is 5.11. The van der Waals surface area contributed by atoms with Crippen molar-refractivity contribution in [1.82, 2.24) is 48.2 Å². The van der Waals surface area contributed by atoms with Crippen molar-refractivity contribution in [2.75, 3.05) is 0 Å². The van der Waals surface area contributed by atoms with Crippen molar-refractivity contribution >= 4 is 152 Å². The van der Waals surface area contributed by atoms with Gasteiger partial charge in [-0.05, 0) is 174 Å². The third-order valence-electron chi connectivity index (χ3n) is 25.1. The molecule has 6 aromatic heterocycles. The summed E-state index contributed by atoms with van der Waals surface area (Å²) in [7, 11) is 0. The largest absolute Gasteiger partial charge is 0.309 e. The quantitative estimate of drug-likeness (QED) is 0.127. The molecule has 0 unspecified atom stereocenters. The van der Waals surface area contributed by atoms with Crippen LogP contribution in [-0.4, -0.2) is 48.2 Å². The van der Waals surface area contributed by atoms with Crippen molar-refractivity contribution in [2.24, 2.45) is 0 Å². The maximum Gasteiger partial charge on any atom is 0.164 e. The van der Waals surface area contributed by atoms with Gasteiger partial charge in [0.1, 0.15) is 0 Å². The molecule has 0 aliphatic rings. The molecule has 0 saturated heterocycles. The second-order valence-corrected chi connectivity index (χ2v) is 32.0. The van der Waals surface area contributed by atoms with Crippen LogP contribution in [0.15, 0.2) is 425 Å². The molecule has 124 heavy (non-hydrogen) atoms. The number of hydrogen-bond donors (Lipinski definition) is 0. The van der Waals surface area contributed by atoms with Crippen LogP contribution in [0.2, 0.25) is 0 Å². The minimum atomic E-state index is 0.638. The highest BCUT2D eigenvalue weighted by atomic mass is 15.1. The van der Waals surface area contributed by atoms with Crippen molar-refractivity contribution in [3.63, 3.8) is 0 Å². The van der Waals surface area contributed by atoms with Crippen molar-refractivity contribution < 1.29 is 0 Å². The van der Waals surface area contributed by atoms with Gasteiger partial charge in [0.05, 0.1) is 44.1 Å². The van der Waals surface area contributed by atoms with E-state index in [1.165, 1.54) is 136 Å². The molecule has 10 nitrogen and oxygen atoms in total. The number of fused-ring (bicyclic) bond motifs is 24. The molecule has 576 valence electrons. The van der Waals surface area contributed by atoms with E-state index in [1.807, 2.05) is 97.1 Å². The van der Waals surface area contributed by atoms with E-state index >= 15 is 0 Å². The smallest absolute Gasteiger partial charge is 0.164 e. The Hall–Kier alpha value is -16.8. The second-order valence-electron chi connectivity index (χ2n) is 32.0. The number of hydrogen-bond acceptors (Lipinski definition) is 6. The zero-order valence-electron chi connectivity index (χ0n) is 66.9. The predicted octanol–water partition coefficient (Wildman–Crippen LogP) is 29.1. The summed E-state index contributed by atoms with van der Waals surface area (Å²) >= 11 is 0. The van der Waals surface area contributed by atoms with E-state index in [4.69, 9.17) is 29.9 Å². The molecule has 0 fully saturated rings. The molecule has 26 rings (SSSR count). The average Bonchev–Trinajstić information content (AvgIpc) is 1.28. The zero-order chi connectivity index (χ0) is 81.5. The SMILES string of the molecule is c1ccc(-c2nc(-c3ccccc3)nc(-c3ccc4c5ccc(-n6c7ccccc7c7cc(-n8c9ccccc9c9ccccc98)ccc76)cc5c5ccccc5c4c3)n2)cc1.c1ccc(-c2nc(-c3ccccc3)nc(-c3ccc4c5ccccc5c5ccc(-n6c7ccccc7c7cc(-n8c9ccccc9c9ccccc98)ccc76)cc5c4c3)n2)cc1. The summed E-state index contributed by atoms with van der Waals surface area (Å²) in [6, 6.07) is 152. The van der Waals surface area contributed by atoms with Gasteiger partial charge in [0, 0.05) is 99.2 Å². The van der Waals surface area contributed by atoms with Gasteiger partial charge in [-0.1, -0.05) is 315 Å². The van der Waals surface area contributed by atoms with Crippen LogP contribution in [0.3, 0.4) is 0 Å². The van der Waals surface area contributed by atoms with Gasteiger partial charge in [-0.25, -0.2) is 29.9 Å². The molecule has 0 bridgehead atoms. The van der Waals surface area contributed by atoms with E-state index in [0.29, 0.717) is 34.9 Å². The molecule has 6 heterocycles. The highest BCUT2D eigenvalue weighted by Gasteiger charge is 2.24. The summed E-state index contributed by atoms with van der Waals surface area (Å²) in [6.45, 7) is 0. The van der Waals surface area contributed by atoms with Gasteiger partial charge < -0.3 is 18.3 Å². The molecule has 0 amide bonds. The third-order valence-corrected chi connectivity index (χ3v) is 25.1. The van der Waals surface area contributed by atoms with Crippen LogP contribution in [0.1, 0.15) is 0 Å². The Kier molecular flexibility index (Phi) is 16.1. The molecule has 0 N–H and O–H groups in total. The molecule has 0 radical (unpaired) electrons. The topological polar surface area (TPSA) is 97.1 Å². The number of nitrogens with zero attached hydrogens (tertiary/aromatic N) is 10. The van der Waals surface area contributed by atoms with Crippen LogP contribution in [-0.2, 0) is 0 Å². The van der Waals surface area contributed by atoms with Gasteiger partial charge in [0.25, 0.3) is 0 Å². The molecule has 0 aliphatic carbocycles. The molecule has 0 saturated carbocycles. The van der Waals surface area contributed by atoms with Crippen LogP contribution in [0, 0.1) is 0 Å². The Bertz CT molecular complexity index is 8620. The van der Waals surface area contributed by atoms with Crippen LogP contribution >= 0.6 is 0 Å². The Morgan fingerprint density at radius 2 is 0.290 bits per heavy atom. The summed E-state index contributed by atoms with van der Waals surface area (Å²) < 4.78 is 9.66. The van der Waals surface area contributed by atoms with E-state index in [0.717, 1.165) is 72.4 Å². The van der Waals surface area contributed by atoms with Gasteiger partial charge in [-0.3, -0.25) is 0 Å². The van der Waals surface area contributed by atoms with E-state index in [1.54, 1.807) is 0 Å². The number of para-hydroxylation sites is 6. The van der Waals surface area contributed by atoms with Gasteiger partial charge >= 0.3 is 0 Å². The lowest BCUT2D eigenvalue weighted by Crippen LogP contribution is -2.00. The lowest BCUT2D eigenvalue weighted by atomic mass is 9.93. The average molecular weight is 1580 g/mol. The monoisotopic (exact) mass is 1580 g/mol. The normalized spacial score (nSPS) is 11.9. The second kappa shape index (κ2) is 28.5. The Balaban J connectivity index is 0.000000136. The summed E-state index contributed by atoms with van der Waals surface area (Å²) in [5, 5.41) is 24.2. The van der Waals surface area contributed by atoms with E-state index < -0.39 is 0 Å². The summed E-state index contributed by atoms with van der Waals surface area (Å²) in [5.41, 5.74) is 19.7. The van der Waals surface area contributed by atoms with Crippen LogP contribution < -0.4 is 0 Å². The fourth-order valence-corrected chi connectivity index (χ4v) is 19.5. The molecule has 0 atom stereocenters. The maximum atomic E-state index is 5.11. The number of benzene rings is 20. The highest BCUT2D eigenvalue weighted by Crippen LogP contribution is 2.46. The van der Waals surface area contributed by atoms with Gasteiger partial charge in [-0.15, -0.1) is 0 Å². The van der Waals surface area contributed by atoms with E-state index in [-0.39, 0.29) is 0 Å². The Labute approximate surface area is 711 Å². The Morgan fingerprint density at radius 3 is 0.581 bits per heavy atom. The number of aromatic nitrogens is 10. The fraction of sp³-hybridized carbons (Fsp3) is 0. The van der Waals surface area contributed by atoms with Crippen molar-refractivity contribution in [3.05, 3.63) is 425 Å². The van der Waals surface area contributed by atoms with Crippen molar-refractivity contribution in [1.29, 1.82) is 0 Å². The Morgan fingerprint density at radius 1 is 0.113 bits per heavy atom. The van der Waals surface area contributed by atoms with Gasteiger partial charge in [-0.2, -0.15) is 0 Å². The number of rotatable bonds is 10. The summed E-state index contributed by atoms with van der Waals surface area (Å²) in [6.07, 6.45) is 0. The van der Waals surface area contributed by atoms with Crippen molar-refractivity contribution in [2.45, 2.75) is 0 Å². The fourth-order valence-electron chi connectivity index (χ4n) is 19.5. The molecule has 10 heteroatoms. The van der Waals surface area contributed by atoms with Gasteiger partial charge in [0.15, 0.2) is 34.9 Å². The predicted molar refractivity (Wildman–Crippen MR) is 515 cm³/mol. The molecular formula is C114H70N10.